The molecule has 0 heterocycles. The van der Waals surface area contributed by atoms with Gasteiger partial charge in [0.15, 0.2) is 0 Å². The molecule has 1 saturated carbocycles. The van der Waals surface area contributed by atoms with Gasteiger partial charge in [0.2, 0.25) is 0 Å². The molecule has 0 aromatic heterocycles. The fourth-order valence-electron chi connectivity index (χ4n) is 0.871. The van der Waals surface area contributed by atoms with Gasteiger partial charge in [-0.05, 0) is 39.5 Å². The highest BCUT2D eigenvalue weighted by Crippen LogP contribution is 2.31. The van der Waals surface area contributed by atoms with Gasteiger partial charge in [-0.1, -0.05) is 0 Å². The standard InChI is InChI=1S/C5H11NO2.C5H8O2/c1-5(2,3)8-4(6)7;6-5(7)3-4-1-2-4/h1-3H3,(H2,6,7);4H,1-3H2,(H,6,7). The molecule has 0 aliphatic heterocycles. The van der Waals surface area contributed by atoms with E-state index in [9.17, 15) is 9.59 Å². The maximum absolute atomic E-state index is 10.0. The van der Waals surface area contributed by atoms with E-state index >= 15 is 0 Å². The Hall–Kier alpha value is -1.26. The number of ether oxygens (including phenoxy) is 1. The molecule has 15 heavy (non-hydrogen) atoms. The number of amides is 1. The summed E-state index contributed by atoms with van der Waals surface area (Å²) in [6, 6.07) is 0. The molecule has 0 saturated heterocycles. The lowest BCUT2D eigenvalue weighted by molar-refractivity contribution is -0.137. The number of hydrogen-bond acceptors (Lipinski definition) is 3. The molecule has 1 aliphatic carbocycles. The van der Waals surface area contributed by atoms with E-state index in [0.717, 1.165) is 12.8 Å². The molecule has 5 heteroatoms. The lowest BCUT2D eigenvalue weighted by atomic mass is 10.2. The van der Waals surface area contributed by atoms with Crippen molar-refractivity contribution >= 4 is 12.1 Å². The number of aliphatic carboxylic acids is 1. The minimum atomic E-state index is -0.725. The first-order valence-electron chi connectivity index (χ1n) is 4.91. The van der Waals surface area contributed by atoms with Crippen molar-refractivity contribution in [3.05, 3.63) is 0 Å². The van der Waals surface area contributed by atoms with Gasteiger partial charge in [-0.2, -0.15) is 0 Å². The van der Waals surface area contributed by atoms with Crippen LogP contribution in [0.4, 0.5) is 4.79 Å². The van der Waals surface area contributed by atoms with Crippen molar-refractivity contribution < 1.29 is 19.4 Å². The van der Waals surface area contributed by atoms with Crippen LogP contribution in [0.15, 0.2) is 0 Å². The average molecular weight is 217 g/mol. The third-order valence-corrected chi connectivity index (χ3v) is 1.57. The lowest BCUT2D eigenvalue weighted by Gasteiger charge is -2.16. The first kappa shape index (κ1) is 13.7. The number of carbonyl (C=O) groups is 2. The number of hydrogen-bond donors (Lipinski definition) is 2. The summed E-state index contributed by atoms with van der Waals surface area (Å²) in [6.45, 7) is 5.28. The van der Waals surface area contributed by atoms with Gasteiger partial charge in [0.05, 0.1) is 0 Å². The summed E-state index contributed by atoms with van der Waals surface area (Å²) in [7, 11) is 0. The molecule has 1 rings (SSSR count). The van der Waals surface area contributed by atoms with Gasteiger partial charge in [0.25, 0.3) is 0 Å². The number of carboxylic acids is 1. The Labute approximate surface area is 89.6 Å². The molecule has 5 nitrogen and oxygen atoms in total. The van der Waals surface area contributed by atoms with Crippen molar-refractivity contribution in [2.75, 3.05) is 0 Å². The molecule has 0 bridgehead atoms. The summed E-state index contributed by atoms with van der Waals surface area (Å²) >= 11 is 0. The highest BCUT2D eigenvalue weighted by Gasteiger charge is 2.23. The minimum Gasteiger partial charge on any atom is -0.481 e. The van der Waals surface area contributed by atoms with Crippen molar-refractivity contribution in [3.8, 4) is 0 Å². The molecule has 0 aromatic rings. The highest BCUT2D eigenvalue weighted by atomic mass is 16.6. The fourth-order valence-corrected chi connectivity index (χ4v) is 0.871. The SMILES string of the molecule is CC(C)(C)OC(N)=O.O=C(O)CC1CC1. The maximum Gasteiger partial charge on any atom is 0.405 e. The monoisotopic (exact) mass is 217 g/mol. The van der Waals surface area contributed by atoms with Crippen LogP contribution in [0.1, 0.15) is 40.0 Å². The Balaban J connectivity index is 0.000000262. The van der Waals surface area contributed by atoms with E-state index in [1.165, 1.54) is 0 Å². The lowest BCUT2D eigenvalue weighted by Crippen LogP contribution is -2.27. The smallest absolute Gasteiger partial charge is 0.405 e. The second-order valence-corrected chi connectivity index (χ2v) is 4.57. The van der Waals surface area contributed by atoms with Crippen molar-refractivity contribution in [3.63, 3.8) is 0 Å². The van der Waals surface area contributed by atoms with Crippen LogP contribution in [0.25, 0.3) is 0 Å². The quantitative estimate of drug-likeness (QED) is 0.737. The average Bonchev–Trinajstić information content (AvgIpc) is 2.64. The predicted molar refractivity (Wildman–Crippen MR) is 55.4 cm³/mol. The van der Waals surface area contributed by atoms with Crippen molar-refractivity contribution in [2.24, 2.45) is 11.7 Å². The summed E-state index contributed by atoms with van der Waals surface area (Å²) in [6.07, 6.45) is 1.93. The highest BCUT2D eigenvalue weighted by molar-refractivity contribution is 5.67. The van der Waals surface area contributed by atoms with Crippen LogP contribution in [0.3, 0.4) is 0 Å². The van der Waals surface area contributed by atoms with Crippen LogP contribution in [0.5, 0.6) is 0 Å². The van der Waals surface area contributed by atoms with Crippen molar-refractivity contribution in [1.82, 2.24) is 0 Å². The van der Waals surface area contributed by atoms with Gasteiger partial charge in [-0.15, -0.1) is 0 Å². The summed E-state index contributed by atoms with van der Waals surface area (Å²) in [5, 5.41) is 8.12. The normalized spacial score (nSPS) is 14.9. The van der Waals surface area contributed by atoms with E-state index in [2.05, 4.69) is 4.74 Å². The molecule has 3 N–H and O–H groups in total. The third kappa shape index (κ3) is 12.7. The minimum absolute atomic E-state index is 0.389. The van der Waals surface area contributed by atoms with E-state index in [-0.39, 0.29) is 0 Å². The molecular formula is C10H19NO4. The van der Waals surface area contributed by atoms with Crippen LogP contribution in [-0.2, 0) is 9.53 Å². The molecular weight excluding hydrogens is 198 g/mol. The fraction of sp³-hybridized carbons (Fsp3) is 0.800. The first-order chi connectivity index (χ1) is 6.70. The summed E-state index contributed by atoms with van der Waals surface area (Å²) in [5.74, 6) is -0.125. The second-order valence-electron chi connectivity index (χ2n) is 4.57. The topological polar surface area (TPSA) is 89.6 Å². The van der Waals surface area contributed by atoms with Crippen molar-refractivity contribution in [1.29, 1.82) is 0 Å². The molecule has 1 amide bonds. The van der Waals surface area contributed by atoms with Gasteiger partial charge in [0.1, 0.15) is 5.60 Å². The Morgan fingerprint density at radius 3 is 1.93 bits per heavy atom. The van der Waals surface area contributed by atoms with Gasteiger partial charge in [-0.3, -0.25) is 4.79 Å². The zero-order chi connectivity index (χ0) is 12.1. The van der Waals surface area contributed by atoms with Gasteiger partial charge >= 0.3 is 12.1 Å². The molecule has 0 radical (unpaired) electrons. The van der Waals surface area contributed by atoms with Crippen LogP contribution in [0.2, 0.25) is 0 Å². The van der Waals surface area contributed by atoms with Crippen LogP contribution in [-0.4, -0.2) is 22.8 Å². The predicted octanol–water partition coefficient (Wildman–Crippen LogP) is 1.75. The van der Waals surface area contributed by atoms with Gasteiger partial charge < -0.3 is 15.6 Å². The molecule has 0 atom stereocenters. The summed E-state index contributed by atoms with van der Waals surface area (Å²) in [5.41, 5.74) is 4.26. The van der Waals surface area contributed by atoms with Crippen LogP contribution >= 0.6 is 0 Å². The zero-order valence-corrected chi connectivity index (χ0v) is 9.45. The van der Waals surface area contributed by atoms with E-state index in [1.54, 1.807) is 20.8 Å². The zero-order valence-electron chi connectivity index (χ0n) is 9.45. The van der Waals surface area contributed by atoms with E-state index in [1.807, 2.05) is 0 Å². The van der Waals surface area contributed by atoms with Gasteiger partial charge in [-0.25, -0.2) is 4.79 Å². The summed E-state index contributed by atoms with van der Waals surface area (Å²) < 4.78 is 4.58. The largest absolute Gasteiger partial charge is 0.481 e. The van der Waals surface area contributed by atoms with Crippen LogP contribution < -0.4 is 5.73 Å². The van der Waals surface area contributed by atoms with Gasteiger partial charge in [0, 0.05) is 6.42 Å². The maximum atomic E-state index is 10.0. The Kier molecular flexibility index (Phi) is 5.11. The third-order valence-electron chi connectivity index (χ3n) is 1.57. The first-order valence-corrected chi connectivity index (χ1v) is 4.91. The Morgan fingerprint density at radius 1 is 1.40 bits per heavy atom. The van der Waals surface area contributed by atoms with Crippen LogP contribution in [0, 0.1) is 5.92 Å². The Morgan fingerprint density at radius 2 is 1.87 bits per heavy atom. The summed E-state index contributed by atoms with van der Waals surface area (Å²) in [4.78, 5) is 19.9. The Bertz CT molecular complexity index is 228. The molecule has 1 fully saturated rings. The second kappa shape index (κ2) is 5.58. The number of nitrogens with two attached hydrogens (primary N) is 1. The number of carbonyl (C=O) groups excluding carboxylic acids is 1. The molecule has 1 aliphatic rings. The van der Waals surface area contributed by atoms with E-state index in [0.29, 0.717) is 12.3 Å². The van der Waals surface area contributed by atoms with Crippen molar-refractivity contribution in [2.45, 2.75) is 45.6 Å². The molecule has 88 valence electrons. The molecule has 0 aromatic carbocycles. The van der Waals surface area contributed by atoms with E-state index in [4.69, 9.17) is 10.8 Å². The molecule has 0 spiro atoms. The molecule has 0 unspecified atom stereocenters. The van der Waals surface area contributed by atoms with E-state index < -0.39 is 17.7 Å². The number of carboxylic acid groups (broad SMARTS) is 1. The number of rotatable bonds is 2. The number of primary amides is 1.